The zero-order chi connectivity index (χ0) is 30.0. The van der Waals surface area contributed by atoms with E-state index in [1.54, 1.807) is 36.4 Å². The van der Waals surface area contributed by atoms with Gasteiger partial charge in [-0.3, -0.25) is 20.4 Å². The number of carboxylic acids is 1. The fourth-order valence-electron chi connectivity index (χ4n) is 4.12. The molecule has 0 aromatic heterocycles. The predicted octanol–water partition coefficient (Wildman–Crippen LogP) is -3.92. The maximum Gasteiger partial charge on any atom is 1.00 e. The maximum absolute atomic E-state index is 12.9. The molecule has 5 rings (SSSR count). The van der Waals surface area contributed by atoms with Crippen molar-refractivity contribution in [1.82, 2.24) is 0 Å². The molecule has 0 spiro atoms. The van der Waals surface area contributed by atoms with E-state index in [-0.39, 0.29) is 76.0 Å². The molecule has 3 aromatic carbocycles. The summed E-state index contributed by atoms with van der Waals surface area (Å²) in [6.07, 6.45) is 4.68. The molecular weight excluding hydrogens is 608 g/mol. The van der Waals surface area contributed by atoms with Crippen LogP contribution < -0.4 is 80.8 Å². The monoisotopic (exact) mass is 627 g/mol. The molecule has 3 aromatic rings. The average molecular weight is 628 g/mol. The number of nitrogens with one attached hydrogen (secondary N) is 2. The second-order valence-electron chi connectivity index (χ2n) is 9.06. The molecule has 0 fully saturated rings. The first-order chi connectivity index (χ1) is 20.0. The van der Waals surface area contributed by atoms with Crippen LogP contribution in [0.15, 0.2) is 106 Å². The van der Waals surface area contributed by atoms with Crippen molar-refractivity contribution in [1.29, 1.82) is 0 Å². The first-order valence-corrected chi connectivity index (χ1v) is 13.6. The van der Waals surface area contributed by atoms with Crippen LogP contribution in [0.25, 0.3) is 17.2 Å². The molecule has 0 saturated heterocycles. The van der Waals surface area contributed by atoms with Gasteiger partial charge < -0.3 is 20.2 Å². The van der Waals surface area contributed by atoms with Crippen molar-refractivity contribution in [3.63, 3.8) is 0 Å². The van der Waals surface area contributed by atoms with E-state index < -0.39 is 43.8 Å². The van der Waals surface area contributed by atoms with Crippen molar-refractivity contribution < 1.29 is 91.6 Å². The van der Waals surface area contributed by atoms with Crippen LogP contribution in [0.2, 0.25) is 0 Å². The summed E-state index contributed by atoms with van der Waals surface area (Å²) in [5, 5.41) is 19.1. The Kier molecular flexibility index (Phi) is 11.4. The number of carboxylic acid groups (broad SMARTS) is 1. The van der Waals surface area contributed by atoms with Gasteiger partial charge in [-0.25, -0.2) is 8.42 Å². The summed E-state index contributed by atoms with van der Waals surface area (Å²) < 4.78 is 35.6. The van der Waals surface area contributed by atoms with Crippen LogP contribution in [0.3, 0.4) is 0 Å². The van der Waals surface area contributed by atoms with Gasteiger partial charge >= 0.3 is 59.1 Å². The summed E-state index contributed by atoms with van der Waals surface area (Å²) in [4.78, 5) is 34.8. The van der Waals surface area contributed by atoms with E-state index in [1.165, 1.54) is 24.3 Å². The third kappa shape index (κ3) is 7.88. The van der Waals surface area contributed by atoms with E-state index in [9.17, 15) is 32.5 Å². The van der Waals surface area contributed by atoms with Gasteiger partial charge in [-0.05, 0) is 83.5 Å². The Morgan fingerprint density at radius 3 is 1.91 bits per heavy atom. The Morgan fingerprint density at radius 1 is 0.795 bits per heavy atom. The topological polar surface area (TPSA) is 206 Å². The molecule has 4 N–H and O–H groups in total. The van der Waals surface area contributed by atoms with Crippen LogP contribution >= 0.6 is 0 Å². The van der Waals surface area contributed by atoms with E-state index in [2.05, 4.69) is 21.1 Å². The predicted molar refractivity (Wildman–Crippen MR) is 154 cm³/mol. The van der Waals surface area contributed by atoms with Crippen LogP contribution in [0.1, 0.15) is 15.9 Å². The molecule has 0 amide bonds. The normalized spacial score (nSPS) is 15.8. The molecule has 210 valence electrons. The second kappa shape index (κ2) is 14.4. The molecule has 12 nitrogen and oxygen atoms in total. The Hall–Kier alpha value is -3.66. The van der Waals surface area contributed by atoms with Gasteiger partial charge in [0.15, 0.2) is 5.78 Å². The molecular formula is C29H19N5Na2O7S. The van der Waals surface area contributed by atoms with Gasteiger partial charge in [-0.1, -0.05) is 24.3 Å². The number of benzene rings is 3. The number of nitrogens with two attached hydrogens (primary N) is 1. The minimum Gasteiger partial charge on any atom is -0.744 e. The van der Waals surface area contributed by atoms with Gasteiger partial charge in [-0.2, -0.15) is 10.2 Å². The van der Waals surface area contributed by atoms with Crippen molar-refractivity contribution in [2.45, 2.75) is 0 Å². The standard InChI is InChI=1S/C29H21N5O7S.2Na/c30-19-5-11-23-18(13-19)14-26(42(39,40)41)27(28(23)36)34-32-21-8-3-17(4-9-21)16-1-6-20(7-2-16)31-33-22-10-12-25(35)24(15-22)29(37)38;;/h1-15,31-32H,30H2,(H,37,38)(H,39,40,41);;/q;2*+1/p-2/b33-22-,34-27+;;. The quantitative estimate of drug-likeness (QED) is 0.0579. The van der Waals surface area contributed by atoms with E-state index in [0.717, 1.165) is 29.4 Å². The van der Waals surface area contributed by atoms with Crippen LogP contribution in [-0.2, 0) is 19.7 Å². The first-order valence-electron chi connectivity index (χ1n) is 12.1. The number of anilines is 3. The molecule has 0 atom stereocenters. The Bertz CT molecular complexity index is 1920. The van der Waals surface area contributed by atoms with Crippen LogP contribution in [0, 0.1) is 0 Å². The zero-order valence-electron chi connectivity index (χ0n) is 23.4. The molecule has 2 aliphatic rings. The van der Waals surface area contributed by atoms with Crippen LogP contribution in [0.4, 0.5) is 17.1 Å². The number of hydrazone groups is 2. The van der Waals surface area contributed by atoms with Gasteiger partial charge in [-0.15, -0.1) is 0 Å². The number of nitrogens with zero attached hydrogens (tertiary/aromatic N) is 2. The van der Waals surface area contributed by atoms with Crippen molar-refractivity contribution in [3.8, 4) is 11.1 Å². The van der Waals surface area contributed by atoms with Crippen molar-refractivity contribution >= 4 is 62.2 Å². The smallest absolute Gasteiger partial charge is 0.744 e. The molecule has 0 radical (unpaired) electrons. The average Bonchev–Trinajstić information content (AvgIpc) is 2.96. The molecule has 44 heavy (non-hydrogen) atoms. The van der Waals surface area contributed by atoms with E-state index in [4.69, 9.17) is 5.73 Å². The van der Waals surface area contributed by atoms with Gasteiger partial charge in [0.05, 0.1) is 28.0 Å². The number of ketones is 2. The number of hydrogen-bond acceptors (Lipinski definition) is 12. The van der Waals surface area contributed by atoms with Gasteiger partial charge in [0.25, 0.3) is 0 Å². The minimum absolute atomic E-state index is 0. The number of rotatable bonds is 7. The number of allylic oxidation sites excluding steroid dienone is 4. The van der Waals surface area contributed by atoms with Crippen LogP contribution in [-0.4, -0.2) is 41.9 Å². The SMILES string of the molecule is Nc1ccc2c(c1)C=C(S(=O)(=O)[O-])/C(=N\Nc1ccc(-c3ccc(N/N=C4/C=CC(=O)C(C(=O)[O-])=C4)cc3)cc1)C2=O.[Na+].[Na+]. The zero-order valence-corrected chi connectivity index (χ0v) is 28.2. The summed E-state index contributed by atoms with van der Waals surface area (Å²) in [5.41, 5.74) is 13.8. The van der Waals surface area contributed by atoms with Crippen molar-refractivity contribution in [2.75, 3.05) is 16.6 Å². The van der Waals surface area contributed by atoms with Gasteiger partial charge in [0, 0.05) is 16.8 Å². The number of Topliss-reactive ketones (excluding diaryl/α,β-unsaturated/α-hetero) is 1. The number of carbonyl (C=O) groups excluding carboxylic acids is 3. The molecule has 15 heteroatoms. The first kappa shape index (κ1) is 34.8. The second-order valence-corrected chi connectivity index (χ2v) is 10.4. The summed E-state index contributed by atoms with van der Waals surface area (Å²) in [5.74, 6) is -2.97. The van der Waals surface area contributed by atoms with E-state index in [1.807, 2.05) is 12.1 Å². The molecule has 2 aliphatic carbocycles. The molecule has 0 unspecified atom stereocenters. The van der Waals surface area contributed by atoms with Gasteiger partial charge in [0.1, 0.15) is 15.8 Å². The fraction of sp³-hybridized carbons (Fsp3) is 0. The maximum atomic E-state index is 12.9. The van der Waals surface area contributed by atoms with E-state index >= 15 is 0 Å². The largest absolute Gasteiger partial charge is 1.00 e. The van der Waals surface area contributed by atoms with Gasteiger partial charge in [0.2, 0.25) is 5.78 Å². The Labute approximate surface area is 295 Å². The molecule has 0 heterocycles. The summed E-state index contributed by atoms with van der Waals surface area (Å²) in [6.45, 7) is 0. The third-order valence-corrected chi connectivity index (χ3v) is 7.07. The van der Waals surface area contributed by atoms with Crippen LogP contribution in [0.5, 0.6) is 0 Å². The number of nitrogen functional groups attached to an aromatic ring is 1. The summed E-state index contributed by atoms with van der Waals surface area (Å²) >= 11 is 0. The Balaban J connectivity index is 0.00000264. The third-order valence-electron chi connectivity index (χ3n) is 6.22. The molecule has 0 bridgehead atoms. The number of hydrogen-bond donors (Lipinski definition) is 3. The number of carbonyl (C=O) groups is 3. The fourth-order valence-corrected chi connectivity index (χ4v) is 4.77. The minimum atomic E-state index is -5.01. The number of fused-ring (bicyclic) bond motifs is 1. The summed E-state index contributed by atoms with van der Waals surface area (Å²) in [7, 11) is -5.01. The van der Waals surface area contributed by atoms with Crippen molar-refractivity contribution in [2.24, 2.45) is 10.2 Å². The summed E-state index contributed by atoms with van der Waals surface area (Å²) in [6, 6.07) is 18.3. The Morgan fingerprint density at radius 2 is 1.36 bits per heavy atom. The molecule has 0 saturated carbocycles. The van der Waals surface area contributed by atoms with Crippen molar-refractivity contribution in [3.05, 3.63) is 107 Å². The molecule has 0 aliphatic heterocycles. The van der Waals surface area contributed by atoms with E-state index in [0.29, 0.717) is 17.1 Å². The number of aliphatic carboxylic acids is 1.